The molecule has 0 aliphatic heterocycles. The van der Waals surface area contributed by atoms with Gasteiger partial charge in [0.05, 0.1) is 5.57 Å². The number of para-hydroxylation sites is 2. The zero-order valence-electron chi connectivity index (χ0n) is 16.3. The normalized spacial score (nSPS) is 10.6. The Balaban J connectivity index is 1.53. The molecule has 9 nitrogen and oxygen atoms in total. The molecule has 0 saturated heterocycles. The Kier molecular flexibility index (Phi) is 4.96. The summed E-state index contributed by atoms with van der Waals surface area (Å²) in [4.78, 5) is 2.20. The van der Waals surface area contributed by atoms with E-state index in [1.54, 1.807) is 0 Å². The highest BCUT2D eigenvalue weighted by molar-refractivity contribution is 5.86. The van der Waals surface area contributed by atoms with Gasteiger partial charge in [-0.3, -0.25) is 0 Å². The summed E-state index contributed by atoms with van der Waals surface area (Å²) >= 11 is 0. The Labute approximate surface area is 177 Å². The lowest BCUT2D eigenvalue weighted by Crippen LogP contribution is -2.09. The van der Waals surface area contributed by atoms with Gasteiger partial charge in [-0.05, 0) is 58.5 Å². The summed E-state index contributed by atoms with van der Waals surface area (Å²) in [6.45, 7) is 0. The average Bonchev–Trinajstić information content (AvgIpc) is 3.55. The number of anilines is 3. The van der Waals surface area contributed by atoms with Crippen LogP contribution in [0, 0.1) is 0 Å². The predicted octanol–water partition coefficient (Wildman–Crippen LogP) is 3.77. The smallest absolute Gasteiger partial charge is 0.208 e. The summed E-state index contributed by atoms with van der Waals surface area (Å²) in [5, 5.41) is 28.4. The SMILES string of the molecule is C(=C(c1nn[nH]n1)c1nn[nH]n1)c1ccc(N(c2ccccc2)c2ccccc2)cc1. The lowest BCUT2D eigenvalue weighted by atomic mass is 10.1. The van der Waals surface area contributed by atoms with Crippen molar-refractivity contribution in [1.29, 1.82) is 0 Å². The van der Waals surface area contributed by atoms with Gasteiger partial charge in [0.15, 0.2) is 0 Å². The van der Waals surface area contributed by atoms with Crippen LogP contribution in [0.1, 0.15) is 17.2 Å². The number of aromatic amines is 2. The van der Waals surface area contributed by atoms with Crippen molar-refractivity contribution in [3.63, 3.8) is 0 Å². The van der Waals surface area contributed by atoms with Crippen molar-refractivity contribution < 1.29 is 0 Å². The number of H-pyrrole nitrogens is 2. The van der Waals surface area contributed by atoms with E-state index < -0.39 is 0 Å². The topological polar surface area (TPSA) is 112 Å². The van der Waals surface area contributed by atoms with Crippen molar-refractivity contribution in [2.45, 2.75) is 0 Å². The number of aromatic nitrogens is 8. The van der Waals surface area contributed by atoms with Gasteiger partial charge in [-0.2, -0.15) is 10.4 Å². The fourth-order valence-corrected chi connectivity index (χ4v) is 3.27. The Morgan fingerprint density at radius 3 is 1.55 bits per heavy atom. The number of tetrazole rings is 2. The van der Waals surface area contributed by atoms with Crippen LogP contribution in [-0.2, 0) is 0 Å². The van der Waals surface area contributed by atoms with Crippen molar-refractivity contribution in [1.82, 2.24) is 41.2 Å². The Bertz CT molecular complexity index is 1170. The minimum absolute atomic E-state index is 0.390. The molecule has 0 unspecified atom stereocenters. The van der Waals surface area contributed by atoms with Gasteiger partial charge in [0.2, 0.25) is 11.6 Å². The monoisotopic (exact) mass is 407 g/mol. The summed E-state index contributed by atoms with van der Waals surface area (Å²) in [5.74, 6) is 0.779. The number of benzene rings is 3. The maximum Gasteiger partial charge on any atom is 0.208 e. The van der Waals surface area contributed by atoms with Gasteiger partial charge in [0.25, 0.3) is 0 Å². The molecule has 9 heteroatoms. The first kappa shape index (κ1) is 18.4. The van der Waals surface area contributed by atoms with Crippen LogP contribution in [0.25, 0.3) is 11.6 Å². The van der Waals surface area contributed by atoms with Crippen molar-refractivity contribution in [3.05, 3.63) is 102 Å². The van der Waals surface area contributed by atoms with Crippen LogP contribution in [0.4, 0.5) is 17.1 Å². The molecular formula is C22H17N9. The van der Waals surface area contributed by atoms with Gasteiger partial charge in [0, 0.05) is 17.1 Å². The summed E-state index contributed by atoms with van der Waals surface area (Å²) in [7, 11) is 0. The molecule has 2 N–H and O–H groups in total. The highest BCUT2D eigenvalue weighted by Crippen LogP contribution is 2.34. The molecule has 0 amide bonds. The van der Waals surface area contributed by atoms with E-state index in [0.717, 1.165) is 22.6 Å². The van der Waals surface area contributed by atoms with Gasteiger partial charge >= 0.3 is 0 Å². The molecule has 0 radical (unpaired) electrons. The maximum absolute atomic E-state index is 4.05. The van der Waals surface area contributed by atoms with Gasteiger partial charge in [-0.15, -0.1) is 20.4 Å². The molecule has 3 aromatic carbocycles. The predicted molar refractivity (Wildman–Crippen MR) is 116 cm³/mol. The largest absolute Gasteiger partial charge is 0.311 e. The third-order valence-corrected chi connectivity index (χ3v) is 4.66. The van der Waals surface area contributed by atoms with Gasteiger partial charge < -0.3 is 4.90 Å². The molecule has 5 rings (SSSR count). The zero-order chi connectivity index (χ0) is 20.9. The van der Waals surface area contributed by atoms with Crippen LogP contribution < -0.4 is 4.90 Å². The molecular weight excluding hydrogens is 390 g/mol. The summed E-state index contributed by atoms with van der Waals surface area (Å²) < 4.78 is 0. The molecule has 0 fully saturated rings. The second-order valence-corrected chi connectivity index (χ2v) is 6.63. The van der Waals surface area contributed by atoms with Gasteiger partial charge in [0.1, 0.15) is 0 Å². The number of nitrogens with zero attached hydrogens (tertiary/aromatic N) is 7. The molecule has 0 saturated carbocycles. The average molecular weight is 407 g/mol. The van der Waals surface area contributed by atoms with Crippen molar-refractivity contribution in [2.24, 2.45) is 0 Å². The van der Waals surface area contributed by atoms with E-state index in [9.17, 15) is 0 Å². The summed E-state index contributed by atoms with van der Waals surface area (Å²) in [6, 6.07) is 28.7. The van der Waals surface area contributed by atoms with Crippen LogP contribution in [0.5, 0.6) is 0 Å². The molecule has 0 atom stereocenters. The number of rotatable bonds is 6. The van der Waals surface area contributed by atoms with Crippen LogP contribution in [0.3, 0.4) is 0 Å². The highest BCUT2D eigenvalue weighted by atomic mass is 15.5. The second kappa shape index (κ2) is 8.37. The lowest BCUT2D eigenvalue weighted by Gasteiger charge is -2.25. The Hall–Kier alpha value is -4.66. The standard InChI is InChI=1S/C22H17N9/c1-3-7-17(8-4-1)31(18-9-5-2-6-10-18)19-13-11-16(12-14-19)15-20(21-23-27-28-24-21)22-25-29-30-26-22/h1-15H,(H,23,24,27,28)(H,25,26,29,30). The van der Waals surface area contributed by atoms with E-state index in [0.29, 0.717) is 17.2 Å². The third-order valence-electron chi connectivity index (χ3n) is 4.66. The molecule has 0 aliphatic rings. The van der Waals surface area contributed by atoms with Crippen molar-refractivity contribution in [2.75, 3.05) is 4.90 Å². The highest BCUT2D eigenvalue weighted by Gasteiger charge is 2.15. The first-order valence-electron chi connectivity index (χ1n) is 9.58. The molecule has 0 aliphatic carbocycles. The van der Waals surface area contributed by atoms with E-state index in [-0.39, 0.29) is 0 Å². The Morgan fingerprint density at radius 2 is 1.10 bits per heavy atom. The van der Waals surface area contributed by atoms with Gasteiger partial charge in [-0.25, -0.2) is 0 Å². The third kappa shape index (κ3) is 3.92. The lowest BCUT2D eigenvalue weighted by molar-refractivity contribution is 0.881. The first-order chi connectivity index (χ1) is 15.4. The van der Waals surface area contributed by atoms with Crippen molar-refractivity contribution >= 4 is 28.7 Å². The Morgan fingerprint density at radius 1 is 0.613 bits per heavy atom. The fourth-order valence-electron chi connectivity index (χ4n) is 3.27. The zero-order valence-corrected chi connectivity index (χ0v) is 16.3. The molecule has 150 valence electrons. The van der Waals surface area contributed by atoms with Gasteiger partial charge in [-0.1, -0.05) is 48.5 Å². The van der Waals surface area contributed by atoms with E-state index in [4.69, 9.17) is 0 Å². The van der Waals surface area contributed by atoms with Crippen LogP contribution >= 0.6 is 0 Å². The molecule has 0 spiro atoms. The molecule has 0 bridgehead atoms. The minimum Gasteiger partial charge on any atom is -0.311 e. The van der Waals surface area contributed by atoms with E-state index >= 15 is 0 Å². The first-order valence-corrected chi connectivity index (χ1v) is 9.58. The van der Waals surface area contributed by atoms with Crippen LogP contribution in [0.15, 0.2) is 84.9 Å². The number of hydrogen-bond donors (Lipinski definition) is 2. The van der Waals surface area contributed by atoms with Crippen LogP contribution in [-0.4, -0.2) is 41.2 Å². The number of nitrogens with one attached hydrogen (secondary N) is 2. The van der Waals surface area contributed by atoms with E-state index in [2.05, 4.69) is 82.5 Å². The molecule has 5 aromatic rings. The van der Waals surface area contributed by atoms with Crippen LogP contribution in [0.2, 0.25) is 0 Å². The molecule has 2 heterocycles. The second-order valence-electron chi connectivity index (χ2n) is 6.63. The summed E-state index contributed by atoms with van der Waals surface area (Å²) in [6.07, 6.45) is 1.90. The molecule has 2 aromatic heterocycles. The van der Waals surface area contributed by atoms with Crippen molar-refractivity contribution in [3.8, 4) is 0 Å². The van der Waals surface area contributed by atoms with E-state index in [1.165, 1.54) is 0 Å². The van der Waals surface area contributed by atoms with E-state index in [1.807, 2.05) is 54.6 Å². The minimum atomic E-state index is 0.390. The molecule has 31 heavy (non-hydrogen) atoms. The fraction of sp³-hybridized carbons (Fsp3) is 0. The quantitative estimate of drug-likeness (QED) is 0.440. The maximum atomic E-state index is 4.05. The summed E-state index contributed by atoms with van der Waals surface area (Å²) in [5.41, 5.74) is 4.75. The number of hydrogen-bond acceptors (Lipinski definition) is 7.